The molecule has 0 aliphatic rings. The number of likely N-dealkylation sites (N-methyl/N-ethyl adjacent to an activating group) is 1. The van der Waals surface area contributed by atoms with E-state index in [1.165, 1.54) is 0 Å². The Hall–Kier alpha value is -2.79. The minimum absolute atomic E-state index is 0.0861. The summed E-state index contributed by atoms with van der Waals surface area (Å²) in [5.41, 5.74) is 2.56. The number of hydrogen-bond acceptors (Lipinski definition) is 4. The van der Waals surface area contributed by atoms with Crippen molar-refractivity contribution in [3.8, 4) is 11.5 Å². The van der Waals surface area contributed by atoms with Crippen LogP contribution >= 0.6 is 0 Å². The third kappa shape index (κ3) is 5.11. The number of nitrogens with zero attached hydrogens (tertiary/aromatic N) is 1. The van der Waals surface area contributed by atoms with Gasteiger partial charge in [-0.05, 0) is 38.2 Å². The lowest BCUT2D eigenvalue weighted by atomic mass is 10.0. The quantitative estimate of drug-likeness (QED) is 0.689. The van der Waals surface area contributed by atoms with E-state index in [4.69, 9.17) is 9.47 Å². The summed E-state index contributed by atoms with van der Waals surface area (Å²) in [6, 6.07) is 13.7. The fourth-order valence-corrected chi connectivity index (χ4v) is 3.05. The summed E-state index contributed by atoms with van der Waals surface area (Å²) in [6.45, 7) is 4.27. The van der Waals surface area contributed by atoms with E-state index >= 15 is 0 Å². The van der Waals surface area contributed by atoms with Crippen molar-refractivity contribution < 1.29 is 14.3 Å². The van der Waals surface area contributed by atoms with Crippen LogP contribution in [0.4, 0.5) is 0 Å². The van der Waals surface area contributed by atoms with Gasteiger partial charge in [-0.3, -0.25) is 4.79 Å². The predicted octanol–water partition coefficient (Wildman–Crippen LogP) is 3.47. The Kier molecular flexibility index (Phi) is 7.44. The number of hydrogen-bond donors (Lipinski definition) is 1. The number of carbonyl (C=O) groups excluding carboxylic acids is 1. The van der Waals surface area contributed by atoms with Gasteiger partial charge in [0, 0.05) is 17.7 Å². The van der Waals surface area contributed by atoms with Crippen LogP contribution in [0.1, 0.15) is 27.5 Å². The average Bonchev–Trinajstić information content (AvgIpc) is 2.68. The number of benzene rings is 2. The SMILES string of the molecule is C=CCc1cc(C(=O)NCC(c2ccccc2)N(C)C)cc(OC)c1OC. The molecule has 0 spiro atoms. The van der Waals surface area contributed by atoms with Crippen molar-refractivity contribution in [1.82, 2.24) is 10.2 Å². The molecule has 0 fully saturated rings. The Bertz CT molecular complexity index is 773. The van der Waals surface area contributed by atoms with Gasteiger partial charge in [-0.2, -0.15) is 0 Å². The van der Waals surface area contributed by atoms with Gasteiger partial charge in [0.15, 0.2) is 11.5 Å². The third-order valence-corrected chi connectivity index (χ3v) is 4.45. The Balaban J connectivity index is 2.21. The number of allylic oxidation sites excluding steroid dienone is 1. The number of methoxy groups -OCH3 is 2. The number of ether oxygens (including phenoxy) is 2. The summed E-state index contributed by atoms with van der Waals surface area (Å²) >= 11 is 0. The van der Waals surface area contributed by atoms with Gasteiger partial charge < -0.3 is 19.7 Å². The van der Waals surface area contributed by atoms with Crippen molar-refractivity contribution in [3.05, 3.63) is 71.8 Å². The van der Waals surface area contributed by atoms with Crippen LogP contribution in [0.2, 0.25) is 0 Å². The monoisotopic (exact) mass is 368 g/mol. The van der Waals surface area contributed by atoms with Crippen molar-refractivity contribution in [3.63, 3.8) is 0 Å². The molecule has 5 heteroatoms. The molecule has 27 heavy (non-hydrogen) atoms. The topological polar surface area (TPSA) is 50.8 Å². The highest BCUT2D eigenvalue weighted by Gasteiger charge is 2.18. The molecular weight excluding hydrogens is 340 g/mol. The Morgan fingerprint density at radius 1 is 1.19 bits per heavy atom. The van der Waals surface area contributed by atoms with Crippen LogP contribution in [0, 0.1) is 0 Å². The van der Waals surface area contributed by atoms with Crippen molar-refractivity contribution in [1.29, 1.82) is 0 Å². The second kappa shape index (κ2) is 9.78. The molecule has 5 nitrogen and oxygen atoms in total. The first-order valence-electron chi connectivity index (χ1n) is 8.87. The molecule has 2 rings (SSSR count). The smallest absolute Gasteiger partial charge is 0.251 e. The molecule has 0 saturated heterocycles. The second-order valence-corrected chi connectivity index (χ2v) is 6.46. The highest BCUT2D eigenvalue weighted by atomic mass is 16.5. The van der Waals surface area contributed by atoms with E-state index in [1.807, 2.05) is 38.4 Å². The molecule has 0 saturated carbocycles. The van der Waals surface area contributed by atoms with Gasteiger partial charge in [-0.25, -0.2) is 0 Å². The molecule has 0 aromatic heterocycles. The largest absolute Gasteiger partial charge is 0.493 e. The lowest BCUT2D eigenvalue weighted by Crippen LogP contribution is -2.34. The van der Waals surface area contributed by atoms with Gasteiger partial charge in [-0.1, -0.05) is 36.4 Å². The first-order chi connectivity index (χ1) is 13.0. The standard InChI is InChI=1S/C22H28N2O3/c1-6-10-17-13-18(14-20(26-4)21(17)27-5)22(25)23-15-19(24(2)3)16-11-8-7-9-12-16/h6-9,11-14,19H,1,10,15H2,2-5H3,(H,23,25). The van der Waals surface area contributed by atoms with E-state index in [9.17, 15) is 4.79 Å². The van der Waals surface area contributed by atoms with Crippen molar-refractivity contribution in [2.24, 2.45) is 0 Å². The van der Waals surface area contributed by atoms with Gasteiger partial charge in [0.25, 0.3) is 5.91 Å². The second-order valence-electron chi connectivity index (χ2n) is 6.46. The molecule has 0 aliphatic carbocycles. The van der Waals surface area contributed by atoms with Gasteiger partial charge >= 0.3 is 0 Å². The van der Waals surface area contributed by atoms with E-state index < -0.39 is 0 Å². The van der Waals surface area contributed by atoms with Gasteiger partial charge in [-0.15, -0.1) is 6.58 Å². The fourth-order valence-electron chi connectivity index (χ4n) is 3.05. The van der Waals surface area contributed by atoms with Crippen molar-refractivity contribution >= 4 is 5.91 Å². The van der Waals surface area contributed by atoms with Crippen LogP contribution in [0.15, 0.2) is 55.1 Å². The van der Waals surface area contributed by atoms with Crippen LogP contribution in [0.25, 0.3) is 0 Å². The number of nitrogens with one attached hydrogen (secondary N) is 1. The molecule has 1 unspecified atom stereocenters. The minimum atomic E-state index is -0.149. The Labute approximate surface area is 161 Å². The minimum Gasteiger partial charge on any atom is -0.493 e. The van der Waals surface area contributed by atoms with Crippen LogP contribution in [-0.2, 0) is 6.42 Å². The maximum Gasteiger partial charge on any atom is 0.251 e. The highest BCUT2D eigenvalue weighted by molar-refractivity contribution is 5.95. The zero-order valence-corrected chi connectivity index (χ0v) is 16.5. The van der Waals surface area contributed by atoms with E-state index in [1.54, 1.807) is 26.4 Å². The lowest BCUT2D eigenvalue weighted by molar-refractivity contribution is 0.0941. The summed E-state index contributed by atoms with van der Waals surface area (Å²) in [5, 5.41) is 3.03. The molecule has 2 aromatic rings. The summed E-state index contributed by atoms with van der Waals surface area (Å²) in [4.78, 5) is 14.9. The zero-order chi connectivity index (χ0) is 19.8. The van der Waals surface area contributed by atoms with E-state index in [2.05, 4.69) is 28.9 Å². The molecule has 144 valence electrons. The van der Waals surface area contributed by atoms with Crippen molar-refractivity contribution in [2.45, 2.75) is 12.5 Å². The molecule has 1 amide bonds. The first kappa shape index (κ1) is 20.5. The molecule has 0 heterocycles. The molecule has 0 radical (unpaired) electrons. The summed E-state index contributed by atoms with van der Waals surface area (Å²) in [5.74, 6) is 1.02. The molecule has 1 N–H and O–H groups in total. The Morgan fingerprint density at radius 3 is 2.44 bits per heavy atom. The predicted molar refractivity (Wildman–Crippen MR) is 109 cm³/mol. The normalized spacial score (nSPS) is 11.7. The maximum atomic E-state index is 12.8. The number of rotatable bonds is 9. The van der Waals surface area contributed by atoms with Crippen LogP contribution in [-0.4, -0.2) is 45.7 Å². The summed E-state index contributed by atoms with van der Waals surface area (Å²) in [6.07, 6.45) is 2.36. The Morgan fingerprint density at radius 2 is 1.89 bits per heavy atom. The van der Waals surface area contributed by atoms with E-state index in [0.29, 0.717) is 30.0 Å². The van der Waals surface area contributed by atoms with Gasteiger partial charge in [0.05, 0.1) is 20.3 Å². The summed E-state index contributed by atoms with van der Waals surface area (Å²) in [7, 11) is 7.16. The van der Waals surface area contributed by atoms with Gasteiger partial charge in [0.1, 0.15) is 0 Å². The number of amides is 1. The number of carbonyl (C=O) groups is 1. The van der Waals surface area contributed by atoms with Gasteiger partial charge in [0.2, 0.25) is 0 Å². The average molecular weight is 368 g/mol. The van der Waals surface area contributed by atoms with E-state index in [-0.39, 0.29) is 11.9 Å². The lowest BCUT2D eigenvalue weighted by Gasteiger charge is -2.25. The molecule has 0 bridgehead atoms. The molecule has 1 atom stereocenters. The molecular formula is C22H28N2O3. The third-order valence-electron chi connectivity index (χ3n) is 4.45. The molecule has 0 aliphatic heterocycles. The zero-order valence-electron chi connectivity index (χ0n) is 16.5. The highest BCUT2D eigenvalue weighted by Crippen LogP contribution is 2.33. The van der Waals surface area contributed by atoms with Crippen molar-refractivity contribution in [2.75, 3.05) is 34.9 Å². The first-order valence-corrected chi connectivity index (χ1v) is 8.87. The van der Waals surface area contributed by atoms with Crippen LogP contribution < -0.4 is 14.8 Å². The maximum absolute atomic E-state index is 12.8. The van der Waals surface area contributed by atoms with Crippen LogP contribution in [0.5, 0.6) is 11.5 Å². The summed E-state index contributed by atoms with van der Waals surface area (Å²) < 4.78 is 10.8. The van der Waals surface area contributed by atoms with Crippen LogP contribution in [0.3, 0.4) is 0 Å². The fraction of sp³-hybridized carbons (Fsp3) is 0.318. The van der Waals surface area contributed by atoms with E-state index in [0.717, 1.165) is 11.1 Å². The molecule has 2 aromatic carbocycles.